The summed E-state index contributed by atoms with van der Waals surface area (Å²) >= 11 is 0. The van der Waals surface area contributed by atoms with Gasteiger partial charge < -0.3 is 43.6 Å². The molecule has 11 heteroatoms. The van der Waals surface area contributed by atoms with Crippen molar-refractivity contribution < 1.29 is 43.5 Å². The Kier molecular flexibility index (Phi) is 15.0. The molecule has 2 N–H and O–H groups in total. The topological polar surface area (TPSA) is 129 Å². The number of carbonyl (C=O) groups is 1. The molecule has 6 atom stereocenters. The van der Waals surface area contributed by atoms with Crippen LogP contribution in [0, 0.1) is 31.6 Å². The highest BCUT2D eigenvalue weighted by Gasteiger charge is 2.65. The first-order valence-electron chi connectivity index (χ1n) is 20.6. The van der Waals surface area contributed by atoms with Crippen LogP contribution in [0.15, 0.2) is 96.2 Å². The van der Waals surface area contributed by atoms with E-state index in [-0.39, 0.29) is 57.2 Å². The molecule has 0 unspecified atom stereocenters. The lowest BCUT2D eigenvalue weighted by atomic mass is 9.55. The zero-order valence-electron chi connectivity index (χ0n) is 34.4. The maximum absolute atomic E-state index is 14.0. The fourth-order valence-electron chi connectivity index (χ4n) is 9.00. The molecular weight excluding hydrogens is 737 g/mol. The Morgan fingerprint density at radius 3 is 2.43 bits per heavy atom. The number of likely N-dealkylation sites (N-methyl/N-ethyl adjacent to an activating group) is 1. The molecule has 3 aromatic rings. The van der Waals surface area contributed by atoms with Crippen LogP contribution in [0.5, 0.6) is 17.2 Å². The third-order valence-corrected chi connectivity index (χ3v) is 11.9. The van der Waals surface area contributed by atoms with Crippen LogP contribution in [0.25, 0.3) is 0 Å². The van der Waals surface area contributed by atoms with Crippen molar-refractivity contribution in [2.45, 2.75) is 83.1 Å². The Hall–Kier alpha value is -4.68. The number of amides is 1. The van der Waals surface area contributed by atoms with Crippen molar-refractivity contribution in [1.82, 2.24) is 4.90 Å². The van der Waals surface area contributed by atoms with E-state index in [1.165, 1.54) is 12.7 Å². The van der Waals surface area contributed by atoms with Crippen molar-refractivity contribution in [3.63, 3.8) is 0 Å². The van der Waals surface area contributed by atoms with Gasteiger partial charge in [0.05, 0.1) is 31.5 Å². The van der Waals surface area contributed by atoms with Gasteiger partial charge in [-0.15, -0.1) is 6.58 Å². The summed E-state index contributed by atoms with van der Waals surface area (Å²) in [5.41, 5.74) is 6.01. The first kappa shape index (κ1) is 42.9. The lowest BCUT2D eigenvalue weighted by Gasteiger charge is -2.59. The molecule has 0 bridgehead atoms. The second-order valence-corrected chi connectivity index (χ2v) is 15.6. The van der Waals surface area contributed by atoms with Gasteiger partial charge in [-0.2, -0.15) is 0 Å². The maximum atomic E-state index is 14.0. The van der Waals surface area contributed by atoms with Gasteiger partial charge in [-0.1, -0.05) is 66.5 Å². The van der Waals surface area contributed by atoms with E-state index < -0.39 is 23.8 Å². The van der Waals surface area contributed by atoms with E-state index in [2.05, 4.69) is 43.8 Å². The Morgan fingerprint density at radius 2 is 1.71 bits per heavy atom. The zero-order valence-corrected chi connectivity index (χ0v) is 34.4. The lowest BCUT2D eigenvalue weighted by Crippen LogP contribution is -2.69. The molecule has 2 aliphatic carbocycles. The van der Waals surface area contributed by atoms with Crippen molar-refractivity contribution >= 4 is 11.8 Å². The predicted molar refractivity (Wildman–Crippen MR) is 223 cm³/mol. The predicted octanol–water partition coefficient (Wildman–Crippen LogP) is 8.64. The molecule has 1 fully saturated rings. The second-order valence-electron chi connectivity index (χ2n) is 15.6. The van der Waals surface area contributed by atoms with Crippen LogP contribution >= 0.6 is 0 Å². The molecule has 6 rings (SSSR count). The fourth-order valence-corrected chi connectivity index (χ4v) is 9.00. The fraction of sp³-hybridized carbons (Fsp3) is 0.489. The van der Waals surface area contributed by atoms with Crippen LogP contribution in [-0.2, 0) is 25.7 Å². The van der Waals surface area contributed by atoms with E-state index in [4.69, 9.17) is 28.5 Å². The number of fused-ring (bicyclic) bond motifs is 2. The molecule has 0 radical (unpaired) electrons. The van der Waals surface area contributed by atoms with Crippen LogP contribution in [0.3, 0.4) is 0 Å². The standard InChI is InChI=1S/C47H60N2O9/c1-6-24-56-47-43(49(4)46(52)55-26-25-54-31-34-14-8-7-9-15-34)30-41(48-53-5)39-28-35(16-10-12-22-50)38(17-11-13-23-51)44(45(39)47)40-29-37(20-21-42(40)58-47)57-36-19-18-32(2)33(3)27-36/h6-9,14-15,18-21,27-29,35,38,43-45,50-51H,1,10-13,16-17,22-26,30-31H2,2-5H3/t35-,38+,43-,44+,45+,47+/m0/s1. The molecule has 312 valence electrons. The van der Waals surface area contributed by atoms with Crippen molar-refractivity contribution in [2.75, 3.05) is 47.2 Å². The van der Waals surface area contributed by atoms with Gasteiger partial charge in [-0.3, -0.25) is 0 Å². The number of aryl methyl sites for hydroxylation is 2. The molecule has 1 saturated carbocycles. The van der Waals surface area contributed by atoms with Crippen LogP contribution in [0.2, 0.25) is 0 Å². The van der Waals surface area contributed by atoms with E-state index in [0.29, 0.717) is 36.7 Å². The van der Waals surface area contributed by atoms with Crippen molar-refractivity contribution in [3.05, 3.63) is 113 Å². The first-order chi connectivity index (χ1) is 28.2. The van der Waals surface area contributed by atoms with Gasteiger partial charge in [0, 0.05) is 38.2 Å². The number of hydrogen-bond donors (Lipinski definition) is 2. The Morgan fingerprint density at radius 1 is 0.966 bits per heavy atom. The number of ether oxygens (including phenoxy) is 5. The van der Waals surface area contributed by atoms with Gasteiger partial charge in [-0.25, -0.2) is 4.79 Å². The largest absolute Gasteiger partial charge is 0.459 e. The summed E-state index contributed by atoms with van der Waals surface area (Å²) < 4.78 is 32.3. The maximum Gasteiger partial charge on any atom is 0.410 e. The molecule has 3 aliphatic rings. The van der Waals surface area contributed by atoms with Gasteiger partial charge >= 0.3 is 6.09 Å². The normalized spacial score (nSPS) is 23.9. The Balaban J connectivity index is 1.42. The molecule has 0 saturated heterocycles. The molecule has 1 heterocycles. The van der Waals surface area contributed by atoms with Gasteiger partial charge in [0.15, 0.2) is 0 Å². The van der Waals surface area contributed by atoms with Crippen LogP contribution in [0.1, 0.15) is 73.1 Å². The highest BCUT2D eigenvalue weighted by atomic mass is 16.7. The van der Waals surface area contributed by atoms with E-state index >= 15 is 0 Å². The number of oxime groups is 1. The number of hydrogen-bond acceptors (Lipinski definition) is 10. The van der Waals surface area contributed by atoms with E-state index in [1.54, 1.807) is 18.0 Å². The van der Waals surface area contributed by atoms with Gasteiger partial charge in [-0.05, 0) is 104 Å². The summed E-state index contributed by atoms with van der Waals surface area (Å²) in [6.45, 7) is 9.24. The minimum absolute atomic E-state index is 0.0644. The number of aliphatic hydroxyl groups is 2. The molecule has 1 aliphatic heterocycles. The van der Waals surface area contributed by atoms with E-state index in [9.17, 15) is 15.0 Å². The zero-order chi connectivity index (χ0) is 41.1. The third-order valence-electron chi connectivity index (χ3n) is 11.9. The van der Waals surface area contributed by atoms with Crippen LogP contribution in [0.4, 0.5) is 4.79 Å². The average Bonchev–Trinajstić information content (AvgIpc) is 3.23. The summed E-state index contributed by atoms with van der Waals surface area (Å²) in [6, 6.07) is 21.2. The summed E-state index contributed by atoms with van der Waals surface area (Å²) in [5, 5.41) is 24.3. The number of rotatable bonds is 20. The first-order valence-corrected chi connectivity index (χ1v) is 20.6. The highest BCUT2D eigenvalue weighted by Crippen LogP contribution is 2.62. The SMILES string of the molecule is C=CCO[C@@]12Oc3ccc(Oc4ccc(C)c(C)c4)cc3[C@H]3[C@H](CCCCO)[C@@H](CCCCO)C=C(C(=NOC)C[C@@H]1N(C)C(=O)OCCOCc1ccccc1)[C@H]32. The van der Waals surface area contributed by atoms with E-state index in [1.807, 2.05) is 54.6 Å². The molecule has 58 heavy (non-hydrogen) atoms. The number of allylic oxidation sites excluding steroid dienone is 1. The average molecular weight is 797 g/mol. The second kappa shape index (κ2) is 20.3. The summed E-state index contributed by atoms with van der Waals surface area (Å²) in [6.07, 6.45) is 8.47. The highest BCUT2D eigenvalue weighted by molar-refractivity contribution is 6.02. The number of carbonyl (C=O) groups excluding carboxylic acids is 1. The minimum atomic E-state index is -1.37. The Labute approximate surface area is 343 Å². The minimum Gasteiger partial charge on any atom is -0.459 e. The number of nitrogens with zero attached hydrogens (tertiary/aromatic N) is 2. The van der Waals surface area contributed by atoms with Crippen LogP contribution in [-0.4, -0.2) is 85.9 Å². The van der Waals surface area contributed by atoms with Gasteiger partial charge in [0.2, 0.25) is 5.79 Å². The number of benzene rings is 3. The van der Waals surface area contributed by atoms with Crippen molar-refractivity contribution in [3.8, 4) is 17.2 Å². The monoisotopic (exact) mass is 796 g/mol. The lowest BCUT2D eigenvalue weighted by molar-refractivity contribution is -0.253. The van der Waals surface area contributed by atoms with Crippen LogP contribution < -0.4 is 9.47 Å². The number of aliphatic hydroxyl groups excluding tert-OH is 2. The molecule has 3 aromatic carbocycles. The van der Waals surface area contributed by atoms with Crippen molar-refractivity contribution in [2.24, 2.45) is 22.9 Å². The summed E-state index contributed by atoms with van der Waals surface area (Å²) in [5.74, 6) is 0.306. The quantitative estimate of drug-likeness (QED) is 0.0656. The van der Waals surface area contributed by atoms with Crippen molar-refractivity contribution in [1.29, 1.82) is 0 Å². The third kappa shape index (κ3) is 9.60. The number of unbranched alkanes of at least 4 members (excludes halogenated alkanes) is 2. The molecule has 0 spiro atoms. The molecular formula is C47H60N2O9. The molecule has 0 aromatic heterocycles. The van der Waals surface area contributed by atoms with Gasteiger partial charge in [0.1, 0.15) is 37.0 Å². The van der Waals surface area contributed by atoms with E-state index in [0.717, 1.165) is 53.7 Å². The summed E-state index contributed by atoms with van der Waals surface area (Å²) in [4.78, 5) is 21.1. The van der Waals surface area contributed by atoms with Gasteiger partial charge in [0.25, 0.3) is 0 Å². The Bertz CT molecular complexity index is 1900. The molecule has 11 nitrogen and oxygen atoms in total. The molecule has 1 amide bonds. The smallest absolute Gasteiger partial charge is 0.410 e. The summed E-state index contributed by atoms with van der Waals surface area (Å²) in [7, 11) is 3.25.